The van der Waals surface area contributed by atoms with Gasteiger partial charge in [-0.15, -0.1) is 0 Å². The van der Waals surface area contributed by atoms with Crippen LogP contribution in [0, 0.1) is 11.3 Å². The van der Waals surface area contributed by atoms with Crippen molar-refractivity contribution < 1.29 is 0 Å². The third-order valence-electron chi connectivity index (χ3n) is 6.34. The molecule has 0 unspecified atom stereocenters. The minimum Gasteiger partial charge on any atom is -0.302 e. The van der Waals surface area contributed by atoms with Gasteiger partial charge in [0.05, 0.1) is 0 Å². The Kier molecular flexibility index (Phi) is 4.63. The number of likely N-dealkylation sites (tertiary alicyclic amines) is 3. The smallest absolute Gasteiger partial charge is 0.00395 e. The van der Waals surface area contributed by atoms with Crippen LogP contribution in [0.3, 0.4) is 0 Å². The zero-order chi connectivity index (χ0) is 15.0. The molecule has 0 aromatic rings. The minimum atomic E-state index is 0.673. The minimum absolute atomic E-state index is 0.673. The first-order valence-electron chi connectivity index (χ1n) is 9.18. The van der Waals surface area contributed by atoms with E-state index in [0.717, 1.165) is 18.0 Å². The molecule has 3 aliphatic heterocycles. The zero-order valence-corrected chi connectivity index (χ0v) is 14.6. The molecule has 3 saturated heterocycles. The molecule has 21 heavy (non-hydrogen) atoms. The molecule has 1 spiro atoms. The van der Waals surface area contributed by atoms with Gasteiger partial charge in [-0.05, 0) is 77.9 Å². The largest absolute Gasteiger partial charge is 0.302 e. The van der Waals surface area contributed by atoms with Gasteiger partial charge in [-0.3, -0.25) is 0 Å². The van der Waals surface area contributed by atoms with Crippen LogP contribution in [-0.4, -0.2) is 72.6 Å². The molecule has 3 heteroatoms. The van der Waals surface area contributed by atoms with Gasteiger partial charge in [-0.2, -0.15) is 0 Å². The van der Waals surface area contributed by atoms with Gasteiger partial charge >= 0.3 is 0 Å². The summed E-state index contributed by atoms with van der Waals surface area (Å²) in [7, 11) is 0. The van der Waals surface area contributed by atoms with E-state index in [2.05, 4.69) is 42.4 Å². The molecule has 0 aromatic heterocycles. The van der Waals surface area contributed by atoms with Crippen LogP contribution < -0.4 is 0 Å². The van der Waals surface area contributed by atoms with Crippen LogP contribution >= 0.6 is 0 Å². The Morgan fingerprint density at radius 1 is 0.857 bits per heavy atom. The summed E-state index contributed by atoms with van der Waals surface area (Å²) >= 11 is 0. The Balaban J connectivity index is 1.42. The van der Waals surface area contributed by atoms with Gasteiger partial charge in [0.25, 0.3) is 0 Å². The summed E-state index contributed by atoms with van der Waals surface area (Å²) < 4.78 is 0. The number of rotatable bonds is 4. The van der Waals surface area contributed by atoms with Crippen molar-refractivity contribution in [2.75, 3.05) is 45.8 Å². The van der Waals surface area contributed by atoms with Gasteiger partial charge < -0.3 is 14.7 Å². The fourth-order valence-corrected chi connectivity index (χ4v) is 4.62. The molecule has 0 bridgehead atoms. The van der Waals surface area contributed by atoms with Gasteiger partial charge in [0.1, 0.15) is 0 Å². The number of hydrogen-bond acceptors (Lipinski definition) is 3. The zero-order valence-electron chi connectivity index (χ0n) is 14.6. The molecule has 0 aliphatic carbocycles. The van der Waals surface area contributed by atoms with E-state index in [1.807, 2.05) is 0 Å². The molecular weight excluding hydrogens is 258 g/mol. The average Bonchev–Trinajstić information content (AvgIpc) is 2.76. The van der Waals surface area contributed by atoms with E-state index in [1.165, 1.54) is 65.1 Å². The Morgan fingerprint density at radius 3 is 2.00 bits per heavy atom. The average molecular weight is 293 g/mol. The molecule has 122 valence electrons. The van der Waals surface area contributed by atoms with Crippen LogP contribution in [0.4, 0.5) is 0 Å². The van der Waals surface area contributed by atoms with E-state index in [4.69, 9.17) is 0 Å². The fraction of sp³-hybridized carbons (Fsp3) is 1.00. The summed E-state index contributed by atoms with van der Waals surface area (Å²) in [6, 6.07) is 1.48. The normalized spacial score (nSPS) is 28.9. The van der Waals surface area contributed by atoms with Gasteiger partial charge in [0.2, 0.25) is 0 Å². The Morgan fingerprint density at radius 2 is 1.43 bits per heavy atom. The van der Waals surface area contributed by atoms with Gasteiger partial charge in [0, 0.05) is 38.3 Å². The van der Waals surface area contributed by atoms with E-state index in [0.29, 0.717) is 5.41 Å². The van der Waals surface area contributed by atoms with E-state index >= 15 is 0 Å². The lowest BCUT2D eigenvalue weighted by Gasteiger charge is -2.44. The molecule has 3 nitrogen and oxygen atoms in total. The third-order valence-corrected chi connectivity index (χ3v) is 6.34. The molecule has 0 radical (unpaired) electrons. The fourth-order valence-electron chi connectivity index (χ4n) is 4.62. The number of nitrogens with zero attached hydrogens (tertiary/aromatic N) is 3. The van der Waals surface area contributed by atoms with Crippen LogP contribution in [0.1, 0.15) is 47.0 Å². The van der Waals surface area contributed by atoms with Crippen LogP contribution in [0.5, 0.6) is 0 Å². The molecule has 3 rings (SSSR count). The summed E-state index contributed by atoms with van der Waals surface area (Å²) in [5.41, 5.74) is 0.673. The van der Waals surface area contributed by atoms with Crippen molar-refractivity contribution in [1.29, 1.82) is 0 Å². The standard InChI is InChI=1S/C18H35N3/c1-15(2)20-9-6-18(7-10-20)5-8-19(14-18)11-17-12-21(13-17)16(3)4/h15-17H,5-14H2,1-4H3. The predicted octanol–water partition coefficient (Wildman–Crippen LogP) is 2.52. The highest BCUT2D eigenvalue weighted by atomic mass is 15.2. The lowest BCUT2D eigenvalue weighted by atomic mass is 9.77. The maximum atomic E-state index is 2.79. The Hall–Kier alpha value is -0.120. The maximum absolute atomic E-state index is 2.79. The first-order chi connectivity index (χ1) is 9.97. The quantitative estimate of drug-likeness (QED) is 0.788. The van der Waals surface area contributed by atoms with Crippen molar-refractivity contribution in [1.82, 2.24) is 14.7 Å². The molecule has 3 fully saturated rings. The highest BCUT2D eigenvalue weighted by Crippen LogP contribution is 2.41. The molecule has 0 atom stereocenters. The molecule has 3 heterocycles. The topological polar surface area (TPSA) is 9.72 Å². The highest BCUT2D eigenvalue weighted by Gasteiger charge is 2.42. The summed E-state index contributed by atoms with van der Waals surface area (Å²) in [4.78, 5) is 8.06. The second kappa shape index (κ2) is 6.17. The predicted molar refractivity (Wildman–Crippen MR) is 89.6 cm³/mol. The van der Waals surface area contributed by atoms with Gasteiger partial charge in [-0.25, -0.2) is 0 Å². The molecule has 3 aliphatic rings. The maximum Gasteiger partial charge on any atom is 0.00395 e. The highest BCUT2D eigenvalue weighted by molar-refractivity contribution is 4.96. The van der Waals surface area contributed by atoms with Crippen molar-refractivity contribution in [3.63, 3.8) is 0 Å². The van der Waals surface area contributed by atoms with Crippen molar-refractivity contribution in [3.8, 4) is 0 Å². The lowest BCUT2D eigenvalue weighted by Crippen LogP contribution is -2.54. The molecule has 0 N–H and O–H groups in total. The van der Waals surface area contributed by atoms with Crippen molar-refractivity contribution in [2.24, 2.45) is 11.3 Å². The van der Waals surface area contributed by atoms with E-state index < -0.39 is 0 Å². The molecular formula is C18H35N3. The number of hydrogen-bond donors (Lipinski definition) is 0. The van der Waals surface area contributed by atoms with Crippen molar-refractivity contribution in [2.45, 2.75) is 59.0 Å². The number of piperidine rings is 1. The molecule has 0 aromatic carbocycles. The Labute approximate surface area is 131 Å². The second-order valence-electron chi connectivity index (χ2n) is 8.53. The first kappa shape index (κ1) is 15.8. The van der Waals surface area contributed by atoms with Crippen LogP contribution in [0.25, 0.3) is 0 Å². The summed E-state index contributed by atoms with van der Waals surface area (Å²) in [5, 5.41) is 0. The second-order valence-corrected chi connectivity index (χ2v) is 8.53. The van der Waals surface area contributed by atoms with E-state index in [9.17, 15) is 0 Å². The molecule has 0 amide bonds. The van der Waals surface area contributed by atoms with E-state index in [1.54, 1.807) is 0 Å². The van der Waals surface area contributed by atoms with Gasteiger partial charge in [-0.1, -0.05) is 0 Å². The lowest BCUT2D eigenvalue weighted by molar-refractivity contribution is 0.0396. The monoisotopic (exact) mass is 293 g/mol. The van der Waals surface area contributed by atoms with Crippen molar-refractivity contribution in [3.05, 3.63) is 0 Å². The van der Waals surface area contributed by atoms with Crippen LogP contribution in [0.15, 0.2) is 0 Å². The SMILES string of the molecule is CC(C)N1CCC2(CCN(CC3CN(C(C)C)C3)C2)CC1. The molecule has 0 saturated carbocycles. The summed E-state index contributed by atoms with van der Waals surface area (Å²) in [6.07, 6.45) is 4.33. The van der Waals surface area contributed by atoms with Crippen molar-refractivity contribution >= 4 is 0 Å². The van der Waals surface area contributed by atoms with Crippen LogP contribution in [0.2, 0.25) is 0 Å². The van der Waals surface area contributed by atoms with Gasteiger partial charge in [0.15, 0.2) is 0 Å². The Bertz CT molecular complexity index is 338. The van der Waals surface area contributed by atoms with Crippen LogP contribution in [-0.2, 0) is 0 Å². The first-order valence-corrected chi connectivity index (χ1v) is 9.18. The third kappa shape index (κ3) is 3.46. The summed E-state index contributed by atoms with van der Waals surface area (Å²) in [6.45, 7) is 18.8. The van der Waals surface area contributed by atoms with E-state index in [-0.39, 0.29) is 0 Å². The summed E-state index contributed by atoms with van der Waals surface area (Å²) in [5.74, 6) is 0.943.